The molecule has 148 valence electrons. The summed E-state index contributed by atoms with van der Waals surface area (Å²) in [6, 6.07) is 4.37. The third-order valence-electron chi connectivity index (χ3n) is 4.40. The standard InChI is InChI=1S/C19H20FN3O5/c1-12(24)8-18(26)21-10-15-11-23(19(27)28-15)13-2-3-17(16(20)9-13)22-6-4-14(25)5-7-22/h2-4,6,9,15H,5,7-8,10-11H2,1H3,(H,21,26)/t15-/m0/s1. The molecule has 1 atom stereocenters. The molecule has 1 N–H and O–H groups in total. The predicted octanol–water partition coefficient (Wildman–Crippen LogP) is 1.54. The van der Waals surface area contributed by atoms with E-state index in [1.54, 1.807) is 17.0 Å². The first-order valence-electron chi connectivity index (χ1n) is 8.85. The summed E-state index contributed by atoms with van der Waals surface area (Å²) in [6.07, 6.45) is 1.79. The molecule has 28 heavy (non-hydrogen) atoms. The number of ether oxygens (including phenoxy) is 1. The van der Waals surface area contributed by atoms with Crippen LogP contribution in [-0.4, -0.2) is 49.3 Å². The molecule has 2 heterocycles. The van der Waals surface area contributed by atoms with Gasteiger partial charge in [0.05, 0.1) is 30.9 Å². The Bertz CT molecular complexity index is 854. The Balaban J connectivity index is 1.63. The molecule has 1 saturated heterocycles. The lowest BCUT2D eigenvalue weighted by Crippen LogP contribution is -2.35. The van der Waals surface area contributed by atoms with Gasteiger partial charge in [-0.05, 0) is 31.2 Å². The highest BCUT2D eigenvalue weighted by molar-refractivity contribution is 5.97. The van der Waals surface area contributed by atoms with Crippen molar-refractivity contribution in [2.24, 2.45) is 0 Å². The number of ketones is 2. The molecule has 0 spiro atoms. The summed E-state index contributed by atoms with van der Waals surface area (Å²) >= 11 is 0. The summed E-state index contributed by atoms with van der Waals surface area (Å²) in [4.78, 5) is 48.7. The van der Waals surface area contributed by atoms with E-state index < -0.39 is 23.9 Å². The number of carbonyl (C=O) groups is 4. The number of nitrogens with zero attached hydrogens (tertiary/aromatic N) is 2. The number of halogens is 1. The topological polar surface area (TPSA) is 96.0 Å². The van der Waals surface area contributed by atoms with Gasteiger partial charge >= 0.3 is 6.09 Å². The van der Waals surface area contributed by atoms with Crippen LogP contribution in [-0.2, 0) is 19.1 Å². The fourth-order valence-electron chi connectivity index (χ4n) is 3.01. The van der Waals surface area contributed by atoms with E-state index in [2.05, 4.69) is 5.32 Å². The fourth-order valence-corrected chi connectivity index (χ4v) is 3.01. The van der Waals surface area contributed by atoms with Gasteiger partial charge in [-0.3, -0.25) is 19.3 Å². The average Bonchev–Trinajstić information content (AvgIpc) is 3.01. The largest absolute Gasteiger partial charge is 0.442 e. The van der Waals surface area contributed by atoms with Crippen LogP contribution in [0.1, 0.15) is 19.8 Å². The lowest BCUT2D eigenvalue weighted by atomic mass is 10.1. The van der Waals surface area contributed by atoms with Crippen LogP contribution < -0.4 is 15.1 Å². The van der Waals surface area contributed by atoms with Crippen LogP contribution in [0.15, 0.2) is 30.5 Å². The molecular weight excluding hydrogens is 369 g/mol. The Morgan fingerprint density at radius 1 is 1.32 bits per heavy atom. The first-order chi connectivity index (χ1) is 13.3. The minimum Gasteiger partial charge on any atom is -0.442 e. The van der Waals surface area contributed by atoms with E-state index in [1.807, 2.05) is 0 Å². The Kier molecular flexibility index (Phi) is 5.72. The second kappa shape index (κ2) is 8.20. The number of hydrogen-bond donors (Lipinski definition) is 1. The highest BCUT2D eigenvalue weighted by Gasteiger charge is 2.33. The maximum atomic E-state index is 14.6. The highest BCUT2D eigenvalue weighted by Crippen LogP contribution is 2.28. The van der Waals surface area contributed by atoms with E-state index in [9.17, 15) is 23.6 Å². The summed E-state index contributed by atoms with van der Waals surface area (Å²) < 4.78 is 19.7. The number of rotatable bonds is 6. The van der Waals surface area contributed by atoms with E-state index in [4.69, 9.17) is 4.74 Å². The number of hydrogen-bond acceptors (Lipinski definition) is 6. The molecule has 0 radical (unpaired) electrons. The SMILES string of the molecule is CC(=O)CC(=O)NC[C@H]1CN(c2ccc(N3C=CC(=O)CC3)c(F)c2)C(=O)O1. The molecule has 1 aromatic rings. The van der Waals surface area contributed by atoms with Gasteiger partial charge in [-0.2, -0.15) is 0 Å². The molecule has 1 fully saturated rings. The molecule has 0 bridgehead atoms. The minimum absolute atomic E-state index is 0.00507. The van der Waals surface area contributed by atoms with Crippen molar-refractivity contribution in [3.05, 3.63) is 36.3 Å². The third-order valence-corrected chi connectivity index (χ3v) is 4.40. The summed E-state index contributed by atoms with van der Waals surface area (Å²) in [5, 5.41) is 2.54. The number of cyclic esters (lactones) is 1. The third kappa shape index (κ3) is 4.54. The highest BCUT2D eigenvalue weighted by atomic mass is 19.1. The Morgan fingerprint density at radius 2 is 2.11 bits per heavy atom. The zero-order valence-corrected chi connectivity index (χ0v) is 15.3. The van der Waals surface area contributed by atoms with Crippen LogP contribution in [0, 0.1) is 5.82 Å². The minimum atomic E-state index is -0.638. The van der Waals surface area contributed by atoms with E-state index >= 15 is 0 Å². The number of carbonyl (C=O) groups excluding carboxylic acids is 4. The van der Waals surface area contributed by atoms with E-state index in [0.717, 1.165) is 0 Å². The normalized spacial score (nSPS) is 19.0. The van der Waals surface area contributed by atoms with Gasteiger partial charge in [-0.15, -0.1) is 0 Å². The van der Waals surface area contributed by atoms with E-state index in [0.29, 0.717) is 24.3 Å². The molecule has 3 rings (SSSR count). The number of amides is 2. The molecular formula is C19H20FN3O5. The zero-order valence-electron chi connectivity index (χ0n) is 15.3. The van der Waals surface area contributed by atoms with E-state index in [1.165, 1.54) is 30.2 Å². The molecule has 2 aliphatic rings. The van der Waals surface area contributed by atoms with Crippen LogP contribution in [0.25, 0.3) is 0 Å². The number of Topliss-reactive ketones (excluding diaryl/α,β-unsaturated/α-hetero) is 1. The van der Waals surface area contributed by atoms with Crippen LogP contribution in [0.5, 0.6) is 0 Å². The maximum absolute atomic E-state index is 14.6. The van der Waals surface area contributed by atoms with Crippen molar-refractivity contribution in [1.82, 2.24) is 5.32 Å². The molecule has 2 aliphatic heterocycles. The van der Waals surface area contributed by atoms with Gasteiger partial charge in [0.1, 0.15) is 17.7 Å². The van der Waals surface area contributed by atoms with Crippen molar-refractivity contribution in [2.45, 2.75) is 25.9 Å². The van der Waals surface area contributed by atoms with Crippen molar-refractivity contribution in [1.29, 1.82) is 0 Å². The van der Waals surface area contributed by atoms with Gasteiger partial charge in [0.15, 0.2) is 5.78 Å². The molecule has 0 aromatic heterocycles. The van der Waals surface area contributed by atoms with Gasteiger partial charge in [0.25, 0.3) is 0 Å². The van der Waals surface area contributed by atoms with Crippen molar-refractivity contribution < 1.29 is 28.3 Å². The Hall–Kier alpha value is -3.23. The van der Waals surface area contributed by atoms with Crippen molar-refractivity contribution in [3.63, 3.8) is 0 Å². The second-order valence-corrected chi connectivity index (χ2v) is 6.66. The first kappa shape index (κ1) is 19.5. The molecule has 9 heteroatoms. The Morgan fingerprint density at radius 3 is 2.75 bits per heavy atom. The monoisotopic (exact) mass is 389 g/mol. The molecule has 8 nitrogen and oxygen atoms in total. The van der Waals surface area contributed by atoms with Crippen molar-refractivity contribution in [2.75, 3.05) is 29.4 Å². The smallest absolute Gasteiger partial charge is 0.414 e. The summed E-state index contributed by atoms with van der Waals surface area (Å²) in [5.74, 6) is -1.23. The van der Waals surface area contributed by atoms with Gasteiger partial charge in [0.2, 0.25) is 5.91 Å². The number of anilines is 2. The number of nitrogens with one attached hydrogen (secondary N) is 1. The molecule has 0 saturated carbocycles. The van der Waals surface area contributed by atoms with Gasteiger partial charge in [0, 0.05) is 19.2 Å². The van der Waals surface area contributed by atoms with Crippen LogP contribution in [0.3, 0.4) is 0 Å². The van der Waals surface area contributed by atoms with Crippen molar-refractivity contribution in [3.8, 4) is 0 Å². The summed E-state index contributed by atoms with van der Waals surface area (Å²) in [7, 11) is 0. The Labute approximate surface area is 160 Å². The molecule has 1 aromatic carbocycles. The lowest BCUT2D eigenvalue weighted by Gasteiger charge is -2.24. The molecule has 0 aliphatic carbocycles. The second-order valence-electron chi connectivity index (χ2n) is 6.66. The number of benzene rings is 1. The van der Waals surface area contributed by atoms with Gasteiger partial charge in [-0.1, -0.05) is 0 Å². The number of allylic oxidation sites excluding steroid dienone is 1. The average molecular weight is 389 g/mol. The van der Waals surface area contributed by atoms with Crippen LogP contribution in [0.4, 0.5) is 20.6 Å². The van der Waals surface area contributed by atoms with Crippen LogP contribution >= 0.6 is 0 Å². The quantitative estimate of drug-likeness (QED) is 0.742. The summed E-state index contributed by atoms with van der Waals surface area (Å²) in [6.45, 7) is 1.92. The first-order valence-corrected chi connectivity index (χ1v) is 8.85. The molecule has 2 amide bonds. The maximum Gasteiger partial charge on any atom is 0.414 e. The van der Waals surface area contributed by atoms with E-state index in [-0.39, 0.29) is 31.1 Å². The predicted molar refractivity (Wildman–Crippen MR) is 98.4 cm³/mol. The zero-order chi connectivity index (χ0) is 20.3. The van der Waals surface area contributed by atoms with Crippen molar-refractivity contribution >= 4 is 34.9 Å². The van der Waals surface area contributed by atoms with Crippen LogP contribution in [0.2, 0.25) is 0 Å². The van der Waals surface area contributed by atoms with Gasteiger partial charge in [-0.25, -0.2) is 9.18 Å². The molecule has 0 unspecified atom stereocenters. The fraction of sp³-hybridized carbons (Fsp3) is 0.368. The summed E-state index contributed by atoms with van der Waals surface area (Å²) in [5.41, 5.74) is 0.647. The van der Waals surface area contributed by atoms with Gasteiger partial charge < -0.3 is 15.0 Å². The lowest BCUT2D eigenvalue weighted by molar-refractivity contribution is -0.127.